The Kier molecular flexibility index (Phi) is 9.08. The predicted molar refractivity (Wildman–Crippen MR) is 168 cm³/mol. The van der Waals surface area contributed by atoms with Crippen LogP contribution in [-0.2, 0) is 11.2 Å². The Balaban J connectivity index is 1.13. The van der Waals surface area contributed by atoms with Crippen molar-refractivity contribution in [3.8, 4) is 0 Å². The van der Waals surface area contributed by atoms with E-state index in [0.717, 1.165) is 47.6 Å². The third kappa shape index (κ3) is 6.70. The molecule has 0 aliphatic carbocycles. The third-order valence-electron chi connectivity index (χ3n) is 9.79. The van der Waals surface area contributed by atoms with Crippen molar-refractivity contribution in [1.82, 2.24) is 9.80 Å². The molecule has 7 heteroatoms. The van der Waals surface area contributed by atoms with Gasteiger partial charge in [-0.25, -0.2) is 8.78 Å². The van der Waals surface area contributed by atoms with Crippen molar-refractivity contribution in [2.75, 3.05) is 32.7 Å². The van der Waals surface area contributed by atoms with Gasteiger partial charge in [0, 0.05) is 38.6 Å². The lowest BCUT2D eigenvalue weighted by Crippen LogP contribution is -2.46. The number of benzene rings is 4. The average Bonchev–Trinajstić information content (AvgIpc) is 3.43. The first kappa shape index (κ1) is 30.4. The van der Waals surface area contributed by atoms with E-state index >= 15 is 0 Å². The summed E-state index contributed by atoms with van der Waals surface area (Å²) in [6.45, 7) is 3.71. The van der Waals surface area contributed by atoms with Crippen LogP contribution in [0.1, 0.15) is 54.3 Å². The van der Waals surface area contributed by atoms with E-state index in [9.17, 15) is 23.8 Å². The van der Waals surface area contributed by atoms with E-state index in [1.54, 1.807) is 6.07 Å². The van der Waals surface area contributed by atoms with Crippen molar-refractivity contribution in [2.24, 2.45) is 5.92 Å². The van der Waals surface area contributed by atoms with E-state index in [4.69, 9.17) is 0 Å². The smallest absolute Gasteiger partial charge is 0.325 e. The van der Waals surface area contributed by atoms with E-state index in [1.165, 1.54) is 11.6 Å². The summed E-state index contributed by atoms with van der Waals surface area (Å²) < 4.78 is 26.8. The van der Waals surface area contributed by atoms with E-state index in [-0.39, 0.29) is 11.8 Å². The lowest BCUT2D eigenvalue weighted by Gasteiger charge is -2.40. The highest BCUT2D eigenvalue weighted by Crippen LogP contribution is 2.40. The minimum Gasteiger partial charge on any atom is -0.480 e. The molecule has 2 saturated heterocycles. The highest BCUT2D eigenvalue weighted by atomic mass is 19.2. The van der Waals surface area contributed by atoms with Crippen LogP contribution in [0.15, 0.2) is 91.0 Å². The first-order valence-corrected chi connectivity index (χ1v) is 15.7. The van der Waals surface area contributed by atoms with Crippen LogP contribution < -0.4 is 0 Å². The summed E-state index contributed by atoms with van der Waals surface area (Å²) >= 11 is 0. The lowest BCUT2D eigenvalue weighted by atomic mass is 9.84. The Hall–Kier alpha value is -3.65. The van der Waals surface area contributed by atoms with Gasteiger partial charge in [0.2, 0.25) is 0 Å². The number of carboxylic acids is 1. The van der Waals surface area contributed by atoms with Crippen molar-refractivity contribution >= 4 is 16.7 Å². The van der Waals surface area contributed by atoms with Crippen molar-refractivity contribution in [2.45, 2.75) is 49.7 Å². The van der Waals surface area contributed by atoms with Crippen LogP contribution in [0.25, 0.3) is 10.8 Å². The van der Waals surface area contributed by atoms with Gasteiger partial charge in [-0.2, -0.15) is 0 Å². The minimum absolute atomic E-state index is 0.199. The van der Waals surface area contributed by atoms with Gasteiger partial charge in [-0.1, -0.05) is 78.9 Å². The van der Waals surface area contributed by atoms with Gasteiger partial charge in [0.25, 0.3) is 0 Å². The van der Waals surface area contributed by atoms with Crippen LogP contribution in [0, 0.1) is 17.6 Å². The summed E-state index contributed by atoms with van der Waals surface area (Å²) in [6.07, 6.45) is 3.24. The number of aliphatic hydroxyl groups is 1. The fourth-order valence-electron chi connectivity index (χ4n) is 7.40. The fourth-order valence-corrected chi connectivity index (χ4v) is 7.40. The maximum atomic E-state index is 13.6. The number of carboxylic acid groups (broad SMARTS) is 1. The number of rotatable bonds is 10. The fraction of sp³-hybridized carbons (Fsp3) is 0.378. The highest BCUT2D eigenvalue weighted by Gasteiger charge is 2.42. The van der Waals surface area contributed by atoms with Crippen LogP contribution >= 0.6 is 0 Å². The minimum atomic E-state index is -0.841. The number of hydrogen-bond acceptors (Lipinski definition) is 4. The molecular formula is C37H40F2N2O3. The van der Waals surface area contributed by atoms with E-state index in [0.29, 0.717) is 45.2 Å². The van der Waals surface area contributed by atoms with Gasteiger partial charge in [0.1, 0.15) is 6.04 Å². The topological polar surface area (TPSA) is 64.0 Å². The number of aryl methyl sites for hydroxylation is 1. The number of hydrogen-bond donors (Lipinski definition) is 2. The predicted octanol–water partition coefficient (Wildman–Crippen LogP) is 6.81. The SMILES string of the molecule is O=C(O)[C@@H](c1cccc2ccccc12)N1C[C@H](CN2CCC(O)(CCCc3ccc(F)c(F)c3)CC2)[C@@H](c2ccccc2)C1. The number of likely N-dealkylation sites (tertiary alicyclic amines) is 2. The van der Waals surface area contributed by atoms with Crippen LogP contribution in [0.5, 0.6) is 0 Å². The third-order valence-corrected chi connectivity index (χ3v) is 9.79. The second kappa shape index (κ2) is 13.1. The van der Waals surface area contributed by atoms with Gasteiger partial charge in [0.05, 0.1) is 5.60 Å². The zero-order valence-electron chi connectivity index (χ0n) is 24.9. The summed E-state index contributed by atoms with van der Waals surface area (Å²) in [5.74, 6) is -2.06. The molecule has 3 atom stereocenters. The van der Waals surface area contributed by atoms with Crippen molar-refractivity contribution in [3.05, 3.63) is 119 Å². The highest BCUT2D eigenvalue weighted by molar-refractivity contribution is 5.90. The second-order valence-electron chi connectivity index (χ2n) is 12.7. The van der Waals surface area contributed by atoms with Crippen molar-refractivity contribution in [1.29, 1.82) is 0 Å². The number of fused-ring (bicyclic) bond motifs is 1. The normalized spacial score (nSPS) is 21.4. The molecule has 4 aromatic rings. The monoisotopic (exact) mass is 598 g/mol. The summed E-state index contributed by atoms with van der Waals surface area (Å²) in [4.78, 5) is 17.4. The molecule has 6 rings (SSSR count). The summed E-state index contributed by atoms with van der Waals surface area (Å²) in [6, 6.07) is 27.6. The Morgan fingerprint density at radius 3 is 2.36 bits per heavy atom. The Morgan fingerprint density at radius 2 is 1.61 bits per heavy atom. The van der Waals surface area contributed by atoms with Gasteiger partial charge in [0.15, 0.2) is 11.6 Å². The number of piperidine rings is 1. The van der Waals surface area contributed by atoms with Gasteiger partial charge >= 0.3 is 5.97 Å². The Bertz CT molecular complexity index is 1580. The number of aliphatic carboxylic acids is 1. The Labute approximate surface area is 257 Å². The molecular weight excluding hydrogens is 558 g/mol. The van der Waals surface area contributed by atoms with Crippen LogP contribution in [-0.4, -0.2) is 64.3 Å². The van der Waals surface area contributed by atoms with Gasteiger partial charge in [-0.3, -0.25) is 9.69 Å². The molecule has 0 saturated carbocycles. The molecule has 0 bridgehead atoms. The average molecular weight is 599 g/mol. The van der Waals surface area contributed by atoms with Crippen molar-refractivity contribution in [3.63, 3.8) is 0 Å². The zero-order chi connectivity index (χ0) is 30.7. The van der Waals surface area contributed by atoms with E-state index in [1.807, 2.05) is 48.5 Å². The van der Waals surface area contributed by atoms with Gasteiger partial charge < -0.3 is 15.1 Å². The first-order valence-electron chi connectivity index (χ1n) is 15.7. The van der Waals surface area contributed by atoms with Gasteiger partial charge in [-0.15, -0.1) is 0 Å². The molecule has 5 nitrogen and oxygen atoms in total. The summed E-state index contributed by atoms with van der Waals surface area (Å²) in [7, 11) is 0. The second-order valence-corrected chi connectivity index (χ2v) is 12.7. The molecule has 2 N–H and O–H groups in total. The summed E-state index contributed by atoms with van der Waals surface area (Å²) in [5.41, 5.74) is 2.03. The summed E-state index contributed by atoms with van der Waals surface area (Å²) in [5, 5.41) is 23.8. The molecule has 0 aromatic heterocycles. The van der Waals surface area contributed by atoms with E-state index in [2.05, 4.69) is 34.1 Å². The van der Waals surface area contributed by atoms with E-state index < -0.39 is 29.2 Å². The molecule has 2 aliphatic rings. The van der Waals surface area contributed by atoms with Gasteiger partial charge in [-0.05, 0) is 77.6 Å². The largest absolute Gasteiger partial charge is 0.480 e. The molecule has 0 radical (unpaired) electrons. The van der Waals surface area contributed by atoms with Crippen LogP contribution in [0.2, 0.25) is 0 Å². The first-order chi connectivity index (χ1) is 21.3. The molecule has 2 aliphatic heterocycles. The number of halogens is 2. The van der Waals surface area contributed by atoms with Crippen molar-refractivity contribution < 1.29 is 23.8 Å². The molecule has 0 spiro atoms. The number of carbonyl (C=O) groups is 1. The molecule has 0 amide bonds. The molecule has 0 unspecified atom stereocenters. The van der Waals surface area contributed by atoms with Crippen LogP contribution in [0.3, 0.4) is 0 Å². The zero-order valence-corrected chi connectivity index (χ0v) is 24.9. The molecule has 2 fully saturated rings. The maximum Gasteiger partial charge on any atom is 0.325 e. The van der Waals surface area contributed by atoms with Crippen LogP contribution in [0.4, 0.5) is 8.78 Å². The molecule has 44 heavy (non-hydrogen) atoms. The molecule has 2 heterocycles. The Morgan fingerprint density at radius 1 is 0.886 bits per heavy atom. The number of nitrogens with zero attached hydrogens (tertiary/aromatic N) is 2. The maximum absolute atomic E-state index is 13.6. The molecule has 230 valence electrons. The standard InChI is InChI=1S/C37H40F2N2O3/c38-33-16-15-26(22-34(33)39)8-7-17-37(44)18-20-40(21-19-37)23-29-24-41(25-32(29)28-9-2-1-3-10-28)35(36(42)43)31-14-6-12-27-11-4-5-13-30(27)31/h1-6,9-16,22,29,32,35,44H,7-8,17-21,23-25H2,(H,42,43)/t29-,32+,35+/m0/s1. The quantitative estimate of drug-likeness (QED) is 0.210. The molecule has 4 aromatic carbocycles. The lowest BCUT2D eigenvalue weighted by molar-refractivity contribution is -0.143.